The summed E-state index contributed by atoms with van der Waals surface area (Å²) in [6.07, 6.45) is 6.48. The normalized spacial score (nSPS) is 11.0. The Kier molecular flexibility index (Phi) is 9.44. The molecule has 33 heavy (non-hydrogen) atoms. The molecule has 174 valence electrons. The Morgan fingerprint density at radius 3 is 2.30 bits per heavy atom. The van der Waals surface area contributed by atoms with Crippen LogP contribution in [0.5, 0.6) is 5.75 Å². The molecule has 0 bridgehead atoms. The molecule has 7 nitrogen and oxygen atoms in total. The van der Waals surface area contributed by atoms with Crippen molar-refractivity contribution in [3.8, 4) is 5.75 Å². The molecule has 3 rings (SSSR count). The third kappa shape index (κ3) is 6.34. The Labute approximate surface area is 200 Å². The topological polar surface area (TPSA) is 85.8 Å². The van der Waals surface area contributed by atoms with E-state index in [9.17, 15) is 13.2 Å². The van der Waals surface area contributed by atoms with Crippen LogP contribution in [0.3, 0.4) is 0 Å². The van der Waals surface area contributed by atoms with E-state index in [0.717, 1.165) is 5.56 Å². The van der Waals surface area contributed by atoms with Crippen LogP contribution in [0, 0.1) is 0 Å². The lowest BCUT2D eigenvalue weighted by Crippen LogP contribution is -2.38. The van der Waals surface area contributed by atoms with Crippen LogP contribution < -0.4 is 9.04 Å². The van der Waals surface area contributed by atoms with Crippen LogP contribution in [0.4, 0.5) is 10.5 Å². The van der Waals surface area contributed by atoms with Gasteiger partial charge in [-0.2, -0.15) is 4.31 Å². The van der Waals surface area contributed by atoms with Gasteiger partial charge in [-0.05, 0) is 60.0 Å². The second kappa shape index (κ2) is 12.0. The maximum Gasteiger partial charge on any atom is 0.428 e. The Hall–Kier alpha value is -3.36. The Morgan fingerprint density at radius 1 is 1.00 bits per heavy atom. The summed E-state index contributed by atoms with van der Waals surface area (Å²) < 4.78 is 38.1. The van der Waals surface area contributed by atoms with E-state index in [2.05, 4.69) is 4.98 Å². The number of carbonyl (C=O) groups is 1. The van der Waals surface area contributed by atoms with Crippen molar-refractivity contribution in [1.29, 1.82) is 0 Å². The first-order valence-corrected chi connectivity index (χ1v) is 11.4. The summed E-state index contributed by atoms with van der Waals surface area (Å²) >= 11 is 0. The molecule has 0 saturated carbocycles. The predicted molar refractivity (Wildman–Crippen MR) is 131 cm³/mol. The highest BCUT2D eigenvalue weighted by molar-refractivity contribution is 7.93. The highest BCUT2D eigenvalue weighted by atomic mass is 35.5. The van der Waals surface area contributed by atoms with Crippen LogP contribution in [0.15, 0.2) is 78.0 Å². The number of amides is 1. The van der Waals surface area contributed by atoms with Crippen molar-refractivity contribution in [3.05, 3.63) is 84.2 Å². The second-order valence-electron chi connectivity index (χ2n) is 6.73. The van der Waals surface area contributed by atoms with Crippen LogP contribution >= 0.6 is 12.4 Å². The molecular weight excluding hydrogens is 464 g/mol. The summed E-state index contributed by atoms with van der Waals surface area (Å²) in [5.41, 5.74) is 1.61. The molecule has 1 aromatic heterocycles. The molecular formula is C24H25ClN2O5S. The number of nitrogens with zero attached hydrogens (tertiary/aromatic N) is 2. The molecule has 0 aliphatic carbocycles. The van der Waals surface area contributed by atoms with E-state index < -0.39 is 16.1 Å². The maximum absolute atomic E-state index is 13.5. The monoisotopic (exact) mass is 488 g/mol. The fourth-order valence-corrected chi connectivity index (χ4v) is 4.27. The number of hydrogen-bond donors (Lipinski definition) is 0. The van der Waals surface area contributed by atoms with Crippen LogP contribution in [0.2, 0.25) is 0 Å². The quantitative estimate of drug-likeness (QED) is 0.420. The zero-order valence-corrected chi connectivity index (χ0v) is 19.9. The summed E-state index contributed by atoms with van der Waals surface area (Å²) in [7, 11) is -2.77. The Morgan fingerprint density at radius 2 is 1.67 bits per heavy atom. The van der Waals surface area contributed by atoms with Gasteiger partial charge in [0, 0.05) is 12.4 Å². The number of hydrogen-bond acceptors (Lipinski definition) is 6. The molecule has 0 atom stereocenters. The van der Waals surface area contributed by atoms with Gasteiger partial charge in [0.2, 0.25) is 0 Å². The second-order valence-corrected chi connectivity index (χ2v) is 8.52. The number of aromatic nitrogens is 1. The van der Waals surface area contributed by atoms with Crippen LogP contribution in [0.25, 0.3) is 12.2 Å². The van der Waals surface area contributed by atoms with E-state index in [1.807, 2.05) is 25.1 Å². The van der Waals surface area contributed by atoms with Gasteiger partial charge in [-0.25, -0.2) is 13.2 Å². The van der Waals surface area contributed by atoms with Crippen LogP contribution in [0.1, 0.15) is 24.5 Å². The highest BCUT2D eigenvalue weighted by Crippen LogP contribution is 2.30. The van der Waals surface area contributed by atoms with E-state index in [1.165, 1.54) is 31.4 Å². The van der Waals surface area contributed by atoms with Crippen molar-refractivity contribution in [2.75, 3.05) is 18.0 Å². The van der Waals surface area contributed by atoms with E-state index in [-0.39, 0.29) is 29.6 Å². The standard InChI is InChI=1S/C24H24N2O5S.ClH/c1-3-18-31-24(27)26(32(28,29)22-12-10-21(30-2)11-13-22)23-7-5-4-6-20(23)9-8-19-14-16-25-17-15-19;/h4-17H,3,18H2,1-2H3;1H. The summed E-state index contributed by atoms with van der Waals surface area (Å²) in [5.74, 6) is 0.504. The van der Waals surface area contributed by atoms with E-state index in [0.29, 0.717) is 22.0 Å². The lowest BCUT2D eigenvalue weighted by molar-refractivity contribution is 0.158. The van der Waals surface area contributed by atoms with Crippen molar-refractivity contribution in [1.82, 2.24) is 4.98 Å². The summed E-state index contributed by atoms with van der Waals surface area (Å²) in [6.45, 7) is 1.93. The number of halogens is 1. The van der Waals surface area contributed by atoms with Gasteiger partial charge in [0.1, 0.15) is 5.75 Å². The van der Waals surface area contributed by atoms with Crippen LogP contribution in [-0.2, 0) is 14.8 Å². The minimum Gasteiger partial charge on any atom is -0.497 e. The smallest absolute Gasteiger partial charge is 0.428 e. The van der Waals surface area contributed by atoms with Gasteiger partial charge in [-0.3, -0.25) is 4.98 Å². The molecule has 9 heteroatoms. The predicted octanol–water partition coefficient (Wildman–Crippen LogP) is 5.42. The minimum atomic E-state index is -4.25. The lowest BCUT2D eigenvalue weighted by atomic mass is 10.1. The third-order valence-corrected chi connectivity index (χ3v) is 6.20. The average molecular weight is 489 g/mol. The van der Waals surface area contributed by atoms with Crippen LogP contribution in [-0.4, -0.2) is 33.2 Å². The summed E-state index contributed by atoms with van der Waals surface area (Å²) in [4.78, 5) is 16.9. The molecule has 2 aromatic carbocycles. The Balaban J connectivity index is 0.00000385. The molecule has 0 unspecified atom stereocenters. The van der Waals surface area contributed by atoms with E-state index >= 15 is 0 Å². The van der Waals surface area contributed by atoms with Crippen molar-refractivity contribution in [2.45, 2.75) is 18.2 Å². The van der Waals surface area contributed by atoms with Gasteiger partial charge < -0.3 is 9.47 Å². The number of benzene rings is 2. The van der Waals surface area contributed by atoms with Crippen molar-refractivity contribution < 1.29 is 22.7 Å². The number of anilines is 1. The molecule has 0 N–H and O–H groups in total. The number of sulfonamides is 1. The molecule has 3 aromatic rings. The van der Waals surface area contributed by atoms with Crippen molar-refractivity contribution in [2.24, 2.45) is 0 Å². The summed E-state index contributed by atoms with van der Waals surface area (Å²) in [5, 5.41) is 0. The van der Waals surface area contributed by atoms with Gasteiger partial charge in [-0.1, -0.05) is 37.3 Å². The zero-order chi connectivity index (χ0) is 23.0. The van der Waals surface area contributed by atoms with Gasteiger partial charge in [0.25, 0.3) is 10.0 Å². The average Bonchev–Trinajstić information content (AvgIpc) is 2.82. The molecule has 1 heterocycles. The molecule has 0 aliphatic rings. The van der Waals surface area contributed by atoms with Gasteiger partial charge >= 0.3 is 6.09 Å². The highest BCUT2D eigenvalue weighted by Gasteiger charge is 2.33. The van der Waals surface area contributed by atoms with Gasteiger partial charge in [0.05, 0.1) is 24.3 Å². The number of methoxy groups -OCH3 is 1. The zero-order valence-electron chi connectivity index (χ0n) is 18.2. The Bertz CT molecular complexity index is 1180. The number of pyridine rings is 1. The van der Waals surface area contributed by atoms with Gasteiger partial charge in [-0.15, -0.1) is 12.4 Å². The fraction of sp³-hybridized carbons (Fsp3) is 0.167. The van der Waals surface area contributed by atoms with Gasteiger partial charge in [0.15, 0.2) is 0 Å². The molecule has 1 amide bonds. The molecule has 0 fully saturated rings. The van der Waals surface area contributed by atoms with E-state index in [4.69, 9.17) is 9.47 Å². The number of ether oxygens (including phenoxy) is 2. The summed E-state index contributed by atoms with van der Waals surface area (Å²) in [6, 6.07) is 16.2. The number of carbonyl (C=O) groups excluding carboxylic acids is 1. The first-order chi connectivity index (χ1) is 15.5. The molecule has 0 spiro atoms. The molecule has 0 saturated heterocycles. The third-order valence-electron chi connectivity index (χ3n) is 4.51. The SMILES string of the molecule is CCCOC(=O)N(c1ccccc1C=Cc1ccncc1)S(=O)(=O)c1ccc(OC)cc1.Cl. The molecule has 0 aliphatic heterocycles. The number of rotatable bonds is 8. The first kappa shape index (κ1) is 25.9. The van der Waals surface area contributed by atoms with E-state index in [1.54, 1.807) is 42.7 Å². The fourth-order valence-electron chi connectivity index (χ4n) is 2.90. The van der Waals surface area contributed by atoms with Crippen molar-refractivity contribution >= 4 is 46.4 Å². The van der Waals surface area contributed by atoms with Crippen molar-refractivity contribution in [3.63, 3.8) is 0 Å². The first-order valence-electron chi connectivity index (χ1n) is 10.0. The maximum atomic E-state index is 13.5. The molecule has 0 radical (unpaired) electrons. The minimum absolute atomic E-state index is 0. The lowest BCUT2D eigenvalue weighted by Gasteiger charge is -2.23. The largest absolute Gasteiger partial charge is 0.497 e. The number of para-hydroxylation sites is 1.